The maximum atomic E-state index is 4.49. The molecule has 0 atom stereocenters. The van der Waals surface area contributed by atoms with Gasteiger partial charge in [0.2, 0.25) is 0 Å². The molecule has 1 rings (SSSR count). The molecule has 0 radical (unpaired) electrons. The van der Waals surface area contributed by atoms with E-state index in [1.165, 1.54) is 11.1 Å². The van der Waals surface area contributed by atoms with Crippen LogP contribution < -0.4 is 10.2 Å². The zero-order chi connectivity index (χ0) is 11.3. The maximum Gasteiger partial charge on any atom is 0.128 e. The predicted molar refractivity (Wildman–Crippen MR) is 65.3 cm³/mol. The van der Waals surface area contributed by atoms with Gasteiger partial charge in [-0.05, 0) is 45.0 Å². The van der Waals surface area contributed by atoms with E-state index in [0.29, 0.717) is 0 Å². The molecule has 0 aliphatic heterocycles. The van der Waals surface area contributed by atoms with Gasteiger partial charge < -0.3 is 10.2 Å². The van der Waals surface area contributed by atoms with Gasteiger partial charge in [0.1, 0.15) is 5.82 Å². The number of hydrogen-bond donors (Lipinski definition) is 1. The van der Waals surface area contributed by atoms with E-state index in [2.05, 4.69) is 42.0 Å². The molecule has 3 heteroatoms. The summed E-state index contributed by atoms with van der Waals surface area (Å²) in [5.74, 6) is 1.08. The molecule has 0 amide bonds. The number of anilines is 1. The number of nitrogens with zero attached hydrogens (tertiary/aromatic N) is 2. The van der Waals surface area contributed by atoms with Crippen LogP contribution >= 0.6 is 0 Å². The quantitative estimate of drug-likeness (QED) is 0.800. The van der Waals surface area contributed by atoms with Gasteiger partial charge in [-0.1, -0.05) is 0 Å². The average molecular weight is 207 g/mol. The lowest BCUT2D eigenvalue weighted by Gasteiger charge is -2.20. The van der Waals surface area contributed by atoms with Crippen LogP contribution in [0.2, 0.25) is 0 Å². The highest BCUT2D eigenvalue weighted by Crippen LogP contribution is 2.15. The van der Waals surface area contributed by atoms with Crippen molar-refractivity contribution in [2.75, 3.05) is 25.0 Å². The lowest BCUT2D eigenvalue weighted by Crippen LogP contribution is -2.23. The Hall–Kier alpha value is -1.09. The lowest BCUT2D eigenvalue weighted by atomic mass is 10.1. The van der Waals surface area contributed by atoms with Crippen molar-refractivity contribution in [1.82, 2.24) is 10.3 Å². The highest BCUT2D eigenvalue weighted by atomic mass is 15.2. The Labute approximate surface area is 92.5 Å². The van der Waals surface area contributed by atoms with Crippen molar-refractivity contribution in [3.63, 3.8) is 0 Å². The second kappa shape index (κ2) is 5.71. The van der Waals surface area contributed by atoms with Gasteiger partial charge in [0.15, 0.2) is 0 Å². The van der Waals surface area contributed by atoms with Gasteiger partial charge in [0, 0.05) is 25.8 Å². The summed E-state index contributed by atoms with van der Waals surface area (Å²) in [6.07, 6.45) is 1.97. The van der Waals surface area contributed by atoms with Gasteiger partial charge in [-0.25, -0.2) is 4.98 Å². The molecule has 0 bridgehead atoms. The van der Waals surface area contributed by atoms with Crippen molar-refractivity contribution in [2.24, 2.45) is 0 Å². The van der Waals surface area contributed by atoms with E-state index in [1.54, 1.807) is 0 Å². The van der Waals surface area contributed by atoms with Gasteiger partial charge >= 0.3 is 0 Å². The van der Waals surface area contributed by atoms with E-state index < -0.39 is 0 Å². The molecule has 0 aliphatic rings. The predicted octanol–water partition coefficient (Wildman–Crippen LogP) is 1.96. The standard InChI is InChI=1S/C12H21N3/c1-5-15(6-2)12-7-10(3)11(8-13-4)9-14-12/h7,9,13H,5-6,8H2,1-4H3. The first-order valence-corrected chi connectivity index (χ1v) is 5.58. The SMILES string of the molecule is CCN(CC)c1cc(C)c(CNC)cn1. The monoisotopic (exact) mass is 207 g/mol. The van der Waals surface area contributed by atoms with Gasteiger partial charge in [-0.3, -0.25) is 0 Å². The minimum atomic E-state index is 0.886. The summed E-state index contributed by atoms with van der Waals surface area (Å²) in [6, 6.07) is 2.17. The minimum Gasteiger partial charge on any atom is -0.357 e. The lowest BCUT2D eigenvalue weighted by molar-refractivity contribution is 0.799. The number of pyridine rings is 1. The molecule has 3 nitrogen and oxygen atoms in total. The van der Waals surface area contributed by atoms with Crippen molar-refractivity contribution in [3.05, 3.63) is 23.4 Å². The Balaban J connectivity index is 2.89. The summed E-state index contributed by atoms with van der Waals surface area (Å²) in [4.78, 5) is 6.75. The fraction of sp³-hybridized carbons (Fsp3) is 0.583. The first-order valence-electron chi connectivity index (χ1n) is 5.58. The molecule has 0 saturated heterocycles. The van der Waals surface area contributed by atoms with Crippen LogP contribution in [0.4, 0.5) is 5.82 Å². The van der Waals surface area contributed by atoms with Crippen LogP contribution in [-0.2, 0) is 6.54 Å². The molecule has 1 N–H and O–H groups in total. The van der Waals surface area contributed by atoms with E-state index in [1.807, 2.05) is 13.2 Å². The van der Waals surface area contributed by atoms with Gasteiger partial charge in [0.25, 0.3) is 0 Å². The van der Waals surface area contributed by atoms with Crippen LogP contribution in [-0.4, -0.2) is 25.1 Å². The van der Waals surface area contributed by atoms with Crippen molar-refractivity contribution < 1.29 is 0 Å². The third-order valence-electron chi connectivity index (χ3n) is 2.66. The number of rotatable bonds is 5. The molecule has 15 heavy (non-hydrogen) atoms. The second-order valence-electron chi connectivity index (χ2n) is 3.67. The van der Waals surface area contributed by atoms with Crippen LogP contribution in [0.1, 0.15) is 25.0 Å². The van der Waals surface area contributed by atoms with Crippen molar-refractivity contribution in [1.29, 1.82) is 0 Å². The summed E-state index contributed by atoms with van der Waals surface area (Å²) in [6.45, 7) is 9.35. The van der Waals surface area contributed by atoms with Crippen LogP contribution in [0.25, 0.3) is 0 Å². The molecule has 0 fully saturated rings. The molecule has 1 heterocycles. The topological polar surface area (TPSA) is 28.2 Å². The van der Waals surface area contributed by atoms with Crippen molar-refractivity contribution in [2.45, 2.75) is 27.3 Å². The summed E-state index contributed by atoms with van der Waals surface area (Å²) in [7, 11) is 1.96. The highest BCUT2D eigenvalue weighted by Gasteiger charge is 2.05. The zero-order valence-electron chi connectivity index (χ0n) is 10.2. The molecule has 0 aromatic carbocycles. The summed E-state index contributed by atoms with van der Waals surface area (Å²) < 4.78 is 0. The molecule has 0 saturated carbocycles. The second-order valence-corrected chi connectivity index (χ2v) is 3.67. The van der Waals surface area contributed by atoms with E-state index in [0.717, 1.165) is 25.5 Å². The van der Waals surface area contributed by atoms with Crippen LogP contribution in [0.5, 0.6) is 0 Å². The van der Waals surface area contributed by atoms with Crippen molar-refractivity contribution >= 4 is 5.82 Å². The smallest absolute Gasteiger partial charge is 0.128 e. The largest absolute Gasteiger partial charge is 0.357 e. The maximum absolute atomic E-state index is 4.49. The molecule has 1 aromatic rings. The fourth-order valence-corrected chi connectivity index (χ4v) is 1.67. The van der Waals surface area contributed by atoms with E-state index in [9.17, 15) is 0 Å². The number of aromatic nitrogens is 1. The summed E-state index contributed by atoms with van der Waals surface area (Å²) >= 11 is 0. The number of nitrogens with one attached hydrogen (secondary N) is 1. The molecular formula is C12H21N3. The molecule has 84 valence electrons. The fourth-order valence-electron chi connectivity index (χ4n) is 1.67. The van der Waals surface area contributed by atoms with E-state index in [-0.39, 0.29) is 0 Å². The third kappa shape index (κ3) is 2.93. The van der Waals surface area contributed by atoms with Crippen LogP contribution in [0.15, 0.2) is 12.3 Å². The van der Waals surface area contributed by atoms with Crippen molar-refractivity contribution in [3.8, 4) is 0 Å². The van der Waals surface area contributed by atoms with Gasteiger partial charge in [-0.2, -0.15) is 0 Å². The number of hydrogen-bond acceptors (Lipinski definition) is 3. The number of aryl methyl sites for hydroxylation is 1. The van der Waals surface area contributed by atoms with Gasteiger partial charge in [0.05, 0.1) is 0 Å². The van der Waals surface area contributed by atoms with Crippen LogP contribution in [0, 0.1) is 6.92 Å². The Morgan fingerprint density at radius 2 is 2.00 bits per heavy atom. The Kier molecular flexibility index (Phi) is 4.56. The Bertz CT molecular complexity index is 306. The molecule has 0 aliphatic carbocycles. The molecular weight excluding hydrogens is 186 g/mol. The molecule has 0 spiro atoms. The summed E-state index contributed by atoms with van der Waals surface area (Å²) in [5.41, 5.74) is 2.58. The summed E-state index contributed by atoms with van der Waals surface area (Å²) in [5, 5.41) is 3.15. The van der Waals surface area contributed by atoms with E-state index >= 15 is 0 Å². The van der Waals surface area contributed by atoms with Gasteiger partial charge in [-0.15, -0.1) is 0 Å². The van der Waals surface area contributed by atoms with Crippen LogP contribution in [0.3, 0.4) is 0 Å². The molecule has 0 unspecified atom stereocenters. The average Bonchev–Trinajstić information content (AvgIpc) is 2.24. The van der Waals surface area contributed by atoms with E-state index in [4.69, 9.17) is 0 Å². The minimum absolute atomic E-state index is 0.886. The zero-order valence-corrected chi connectivity index (χ0v) is 10.2. The molecule has 1 aromatic heterocycles. The first kappa shape index (κ1) is 12.0. The normalized spacial score (nSPS) is 10.4. The Morgan fingerprint density at radius 3 is 2.47 bits per heavy atom. The Morgan fingerprint density at radius 1 is 1.33 bits per heavy atom. The first-order chi connectivity index (χ1) is 7.22. The highest BCUT2D eigenvalue weighted by molar-refractivity contribution is 5.43. The third-order valence-corrected chi connectivity index (χ3v) is 2.66.